The molecule has 1 unspecified atom stereocenters. The van der Waals surface area contributed by atoms with Crippen molar-refractivity contribution in [1.82, 2.24) is 4.90 Å². The third-order valence-corrected chi connectivity index (χ3v) is 8.63. The number of allylic oxidation sites excluding steroid dienone is 1. The Morgan fingerprint density at radius 1 is 1.05 bits per heavy atom. The quantitative estimate of drug-likeness (QED) is 0.427. The van der Waals surface area contributed by atoms with Gasteiger partial charge < -0.3 is 15.2 Å². The van der Waals surface area contributed by atoms with Crippen molar-refractivity contribution < 1.29 is 23.9 Å². The SMILES string of the molecule is C[C@@H](OC(=O)Nc1ccc(C2=C(N)c3ccc(OCCN4C(=O)CCC4=O)cc3C2C2CCC2)cc1)C1CC1. The fourth-order valence-corrected chi connectivity index (χ4v) is 6.04. The second kappa shape index (κ2) is 10.4. The van der Waals surface area contributed by atoms with Gasteiger partial charge in [0.2, 0.25) is 11.8 Å². The van der Waals surface area contributed by atoms with Crippen LogP contribution in [0.4, 0.5) is 10.5 Å². The van der Waals surface area contributed by atoms with Crippen LogP contribution in [0.25, 0.3) is 11.3 Å². The summed E-state index contributed by atoms with van der Waals surface area (Å²) in [5, 5.41) is 2.84. The van der Waals surface area contributed by atoms with Crippen molar-refractivity contribution >= 4 is 34.9 Å². The summed E-state index contributed by atoms with van der Waals surface area (Å²) < 4.78 is 11.5. The molecule has 1 saturated heterocycles. The molecule has 0 radical (unpaired) electrons. The van der Waals surface area contributed by atoms with E-state index in [0.717, 1.165) is 53.6 Å². The number of carbonyl (C=O) groups excluding carboxylic acids is 3. The molecule has 3 amide bonds. The normalized spacial score (nSPS) is 21.6. The van der Waals surface area contributed by atoms with E-state index in [1.807, 2.05) is 43.3 Å². The molecule has 1 heterocycles. The van der Waals surface area contributed by atoms with Crippen molar-refractivity contribution in [2.24, 2.45) is 17.6 Å². The monoisotopic (exact) mass is 529 g/mol. The number of imide groups is 1. The number of carbonyl (C=O) groups is 3. The number of nitrogens with one attached hydrogen (secondary N) is 1. The summed E-state index contributed by atoms with van der Waals surface area (Å²) >= 11 is 0. The van der Waals surface area contributed by atoms with Gasteiger partial charge in [0.25, 0.3) is 0 Å². The molecule has 2 aromatic rings. The van der Waals surface area contributed by atoms with Crippen LogP contribution in [0.3, 0.4) is 0 Å². The zero-order chi connectivity index (χ0) is 27.1. The van der Waals surface area contributed by atoms with Crippen molar-refractivity contribution in [3.8, 4) is 5.75 Å². The van der Waals surface area contributed by atoms with Gasteiger partial charge in [0.15, 0.2) is 0 Å². The van der Waals surface area contributed by atoms with E-state index in [4.69, 9.17) is 15.2 Å². The number of rotatable bonds is 9. The largest absolute Gasteiger partial charge is 0.492 e. The molecule has 3 aliphatic carbocycles. The zero-order valence-corrected chi connectivity index (χ0v) is 22.3. The Bertz CT molecular complexity index is 1310. The molecule has 0 aromatic heterocycles. The molecule has 2 saturated carbocycles. The lowest BCUT2D eigenvalue weighted by Crippen LogP contribution is -2.33. The van der Waals surface area contributed by atoms with Crippen LogP contribution >= 0.6 is 0 Å². The number of likely N-dealkylation sites (tertiary alicyclic amines) is 1. The molecule has 0 bridgehead atoms. The van der Waals surface area contributed by atoms with Crippen LogP contribution in [0.1, 0.15) is 74.5 Å². The van der Waals surface area contributed by atoms with E-state index in [2.05, 4.69) is 11.4 Å². The zero-order valence-electron chi connectivity index (χ0n) is 22.3. The average Bonchev–Trinajstić information content (AvgIpc) is 3.65. The van der Waals surface area contributed by atoms with Gasteiger partial charge in [0.05, 0.1) is 6.54 Å². The Morgan fingerprint density at radius 3 is 2.41 bits per heavy atom. The third kappa shape index (κ3) is 5.12. The lowest BCUT2D eigenvalue weighted by Gasteiger charge is -2.34. The maximum atomic E-state index is 12.3. The van der Waals surface area contributed by atoms with Crippen molar-refractivity contribution in [3.05, 3.63) is 59.2 Å². The first kappa shape index (κ1) is 25.5. The van der Waals surface area contributed by atoms with E-state index in [-0.39, 0.29) is 49.8 Å². The number of fused-ring (bicyclic) bond motifs is 1. The molecule has 8 heteroatoms. The Kier molecular flexibility index (Phi) is 6.79. The van der Waals surface area contributed by atoms with E-state index in [0.29, 0.717) is 23.3 Å². The van der Waals surface area contributed by atoms with Crippen molar-refractivity contribution in [2.45, 2.75) is 63.9 Å². The van der Waals surface area contributed by atoms with Crippen molar-refractivity contribution in [1.29, 1.82) is 0 Å². The number of benzene rings is 2. The number of nitrogens with two attached hydrogens (primary N) is 1. The second-order valence-electron chi connectivity index (χ2n) is 11.2. The maximum Gasteiger partial charge on any atom is 0.411 e. The van der Waals surface area contributed by atoms with Gasteiger partial charge in [-0.15, -0.1) is 0 Å². The maximum absolute atomic E-state index is 12.3. The molecule has 39 heavy (non-hydrogen) atoms. The van der Waals surface area contributed by atoms with E-state index in [1.165, 1.54) is 11.3 Å². The van der Waals surface area contributed by atoms with Crippen LogP contribution in [0, 0.1) is 11.8 Å². The lowest BCUT2D eigenvalue weighted by molar-refractivity contribution is -0.138. The summed E-state index contributed by atoms with van der Waals surface area (Å²) in [5.41, 5.74) is 12.6. The van der Waals surface area contributed by atoms with Gasteiger partial charge in [0.1, 0.15) is 18.5 Å². The highest BCUT2D eigenvalue weighted by Gasteiger charge is 2.39. The Labute approximate surface area is 228 Å². The molecule has 1 aliphatic heterocycles. The van der Waals surface area contributed by atoms with Crippen molar-refractivity contribution in [3.63, 3.8) is 0 Å². The van der Waals surface area contributed by atoms with Gasteiger partial charge in [-0.2, -0.15) is 0 Å². The summed E-state index contributed by atoms with van der Waals surface area (Å²) in [7, 11) is 0. The predicted molar refractivity (Wildman–Crippen MR) is 148 cm³/mol. The van der Waals surface area contributed by atoms with E-state index in [1.54, 1.807) is 0 Å². The number of hydrogen-bond acceptors (Lipinski definition) is 6. The molecule has 0 spiro atoms. The summed E-state index contributed by atoms with van der Waals surface area (Å²) in [5.74, 6) is 1.62. The Balaban J connectivity index is 1.16. The third-order valence-electron chi connectivity index (χ3n) is 8.63. The van der Waals surface area contributed by atoms with Gasteiger partial charge >= 0.3 is 6.09 Å². The minimum Gasteiger partial charge on any atom is -0.492 e. The Morgan fingerprint density at radius 2 is 1.77 bits per heavy atom. The van der Waals surface area contributed by atoms with Gasteiger partial charge in [-0.1, -0.05) is 18.6 Å². The topological polar surface area (TPSA) is 111 Å². The van der Waals surface area contributed by atoms with E-state index >= 15 is 0 Å². The molecule has 2 atom stereocenters. The van der Waals surface area contributed by atoms with Crippen LogP contribution in [-0.4, -0.2) is 42.1 Å². The molecule has 4 aliphatic rings. The minimum atomic E-state index is -0.424. The summed E-state index contributed by atoms with van der Waals surface area (Å²) in [6.07, 6.45) is 5.84. The fourth-order valence-electron chi connectivity index (χ4n) is 6.04. The molecule has 2 aromatic carbocycles. The van der Waals surface area contributed by atoms with E-state index in [9.17, 15) is 14.4 Å². The fraction of sp³-hybridized carbons (Fsp3) is 0.452. The smallest absolute Gasteiger partial charge is 0.411 e. The standard InChI is InChI=1S/C31H35N3O5/c1-18(19-5-6-19)39-31(37)33-22-9-7-21(8-10-22)29-28(20-3-2-4-20)25-17-23(11-12-24(25)30(29)32)38-16-15-34-26(35)13-14-27(34)36/h7-12,17-20,28H,2-6,13-16,32H2,1H3,(H,33,37)/t18-,28?/m1/s1. The Hall–Kier alpha value is -3.81. The molecule has 3 N–H and O–H groups in total. The van der Waals surface area contributed by atoms with E-state index < -0.39 is 6.09 Å². The average molecular weight is 530 g/mol. The lowest BCUT2D eigenvalue weighted by atomic mass is 9.70. The summed E-state index contributed by atoms with van der Waals surface area (Å²) in [4.78, 5) is 37.4. The van der Waals surface area contributed by atoms with Crippen LogP contribution in [0.2, 0.25) is 0 Å². The first-order valence-corrected chi connectivity index (χ1v) is 14.1. The van der Waals surface area contributed by atoms with Crippen LogP contribution < -0.4 is 15.8 Å². The molecule has 204 valence electrons. The number of nitrogens with zero attached hydrogens (tertiary/aromatic N) is 1. The summed E-state index contributed by atoms with van der Waals surface area (Å²) in [6, 6.07) is 13.8. The molecule has 3 fully saturated rings. The molecular formula is C31H35N3O5. The molecular weight excluding hydrogens is 494 g/mol. The minimum absolute atomic E-state index is 0.0615. The van der Waals surface area contributed by atoms with Gasteiger partial charge in [-0.25, -0.2) is 4.79 Å². The van der Waals surface area contributed by atoms with Gasteiger partial charge in [-0.05, 0) is 91.5 Å². The second-order valence-corrected chi connectivity index (χ2v) is 11.2. The highest BCUT2D eigenvalue weighted by Crippen LogP contribution is 2.54. The number of anilines is 1. The summed E-state index contributed by atoms with van der Waals surface area (Å²) in [6.45, 7) is 2.47. The van der Waals surface area contributed by atoms with Crippen LogP contribution in [0.15, 0.2) is 42.5 Å². The highest BCUT2D eigenvalue weighted by molar-refractivity contribution is 6.02. The number of ether oxygens (including phenoxy) is 2. The first-order chi connectivity index (χ1) is 18.9. The molecule has 8 nitrogen and oxygen atoms in total. The van der Waals surface area contributed by atoms with Crippen LogP contribution in [0.5, 0.6) is 5.75 Å². The highest BCUT2D eigenvalue weighted by atomic mass is 16.6. The molecule has 6 rings (SSSR count). The number of amides is 3. The predicted octanol–water partition coefficient (Wildman–Crippen LogP) is 5.29. The number of hydrogen-bond donors (Lipinski definition) is 2. The van der Waals surface area contributed by atoms with Crippen LogP contribution in [-0.2, 0) is 14.3 Å². The van der Waals surface area contributed by atoms with Gasteiger partial charge in [0, 0.05) is 35.7 Å². The first-order valence-electron chi connectivity index (χ1n) is 14.1. The van der Waals surface area contributed by atoms with Crippen molar-refractivity contribution in [2.75, 3.05) is 18.5 Å². The van der Waals surface area contributed by atoms with Gasteiger partial charge in [-0.3, -0.25) is 19.8 Å².